The molecule has 1 aromatic rings. The molecule has 0 spiro atoms. The van der Waals surface area contributed by atoms with E-state index in [-0.39, 0.29) is 11.7 Å². The Morgan fingerprint density at radius 1 is 1.24 bits per heavy atom. The molecule has 0 aliphatic carbocycles. The van der Waals surface area contributed by atoms with Gasteiger partial charge in [-0.2, -0.15) is 13.2 Å². The third-order valence-electron chi connectivity index (χ3n) is 2.28. The van der Waals surface area contributed by atoms with Crippen molar-refractivity contribution in [3.8, 4) is 5.75 Å². The van der Waals surface area contributed by atoms with Gasteiger partial charge in [-0.15, -0.1) is 0 Å². The van der Waals surface area contributed by atoms with Crippen LogP contribution in [0.15, 0.2) is 18.2 Å². The molecule has 0 saturated carbocycles. The Balaban J connectivity index is 3.00. The number of alkyl halides is 4. The van der Waals surface area contributed by atoms with Gasteiger partial charge in [0.15, 0.2) is 0 Å². The van der Waals surface area contributed by atoms with Crippen molar-refractivity contribution in [2.75, 3.05) is 0 Å². The topological polar surface area (TPSA) is 9.23 Å². The minimum absolute atomic E-state index is 0.0719. The number of hydrogen-bond acceptors (Lipinski definition) is 1. The Morgan fingerprint density at radius 3 is 2.29 bits per heavy atom. The molecule has 0 fully saturated rings. The van der Waals surface area contributed by atoms with Gasteiger partial charge >= 0.3 is 6.18 Å². The van der Waals surface area contributed by atoms with Gasteiger partial charge in [-0.05, 0) is 30.0 Å². The Bertz CT molecular complexity index is 388. The summed E-state index contributed by atoms with van der Waals surface area (Å²) in [6.07, 6.45) is -4.57. The van der Waals surface area contributed by atoms with Crippen LogP contribution < -0.4 is 4.74 Å². The van der Waals surface area contributed by atoms with Crippen LogP contribution in [0, 0.1) is 6.92 Å². The molecule has 0 aromatic heterocycles. The SMILES string of the molecule is Cc1ccc(C(C)C)c(OC(Cl)C(F)(F)F)c1. The Kier molecular flexibility index (Phi) is 4.31. The maximum Gasteiger partial charge on any atom is 0.440 e. The van der Waals surface area contributed by atoms with Gasteiger partial charge in [0.2, 0.25) is 0 Å². The van der Waals surface area contributed by atoms with Crippen molar-refractivity contribution in [1.29, 1.82) is 0 Å². The maximum atomic E-state index is 12.3. The lowest BCUT2D eigenvalue weighted by molar-refractivity contribution is -0.169. The van der Waals surface area contributed by atoms with E-state index in [2.05, 4.69) is 0 Å². The normalized spacial score (nSPS) is 13.9. The fourth-order valence-corrected chi connectivity index (χ4v) is 1.49. The molecule has 1 nitrogen and oxygen atoms in total. The summed E-state index contributed by atoms with van der Waals surface area (Å²) in [4.78, 5) is 0. The molecule has 0 radical (unpaired) electrons. The molecule has 0 aliphatic heterocycles. The van der Waals surface area contributed by atoms with Crippen LogP contribution in [0.2, 0.25) is 0 Å². The highest BCUT2D eigenvalue weighted by Crippen LogP contribution is 2.33. The second kappa shape index (κ2) is 5.17. The van der Waals surface area contributed by atoms with E-state index >= 15 is 0 Å². The van der Waals surface area contributed by atoms with E-state index in [9.17, 15) is 13.2 Å². The van der Waals surface area contributed by atoms with E-state index in [0.717, 1.165) is 5.56 Å². The van der Waals surface area contributed by atoms with E-state index in [1.165, 1.54) is 0 Å². The van der Waals surface area contributed by atoms with Crippen molar-refractivity contribution < 1.29 is 17.9 Å². The highest BCUT2D eigenvalue weighted by molar-refractivity contribution is 6.20. The lowest BCUT2D eigenvalue weighted by Crippen LogP contribution is -2.29. The molecule has 1 unspecified atom stereocenters. The summed E-state index contributed by atoms with van der Waals surface area (Å²) >= 11 is 5.17. The second-order valence-corrected chi connectivity index (χ2v) is 4.57. The van der Waals surface area contributed by atoms with Crippen molar-refractivity contribution in [2.45, 2.75) is 38.4 Å². The first kappa shape index (κ1) is 14.2. The molecule has 5 heteroatoms. The number of rotatable bonds is 3. The molecule has 1 aromatic carbocycles. The van der Waals surface area contributed by atoms with Crippen molar-refractivity contribution in [3.05, 3.63) is 29.3 Å². The van der Waals surface area contributed by atoms with Crippen LogP contribution in [-0.4, -0.2) is 11.7 Å². The maximum absolute atomic E-state index is 12.3. The first-order chi connectivity index (χ1) is 7.71. The van der Waals surface area contributed by atoms with Crippen LogP contribution in [-0.2, 0) is 0 Å². The third-order valence-corrected chi connectivity index (χ3v) is 2.62. The molecular weight excluding hydrogens is 253 g/mol. The highest BCUT2D eigenvalue weighted by Gasteiger charge is 2.40. The lowest BCUT2D eigenvalue weighted by atomic mass is 10.0. The largest absolute Gasteiger partial charge is 0.465 e. The zero-order chi connectivity index (χ0) is 13.2. The number of ether oxygens (including phenoxy) is 1. The zero-order valence-electron chi connectivity index (χ0n) is 9.81. The van der Waals surface area contributed by atoms with Crippen molar-refractivity contribution >= 4 is 11.6 Å². The van der Waals surface area contributed by atoms with Gasteiger partial charge in [-0.3, -0.25) is 0 Å². The van der Waals surface area contributed by atoms with Crippen LogP contribution in [0.1, 0.15) is 30.9 Å². The van der Waals surface area contributed by atoms with Crippen LogP contribution in [0.3, 0.4) is 0 Å². The van der Waals surface area contributed by atoms with Crippen molar-refractivity contribution in [3.63, 3.8) is 0 Å². The quantitative estimate of drug-likeness (QED) is 0.725. The standard InChI is InChI=1S/C12H14ClF3O/c1-7(2)9-5-4-8(3)6-10(9)17-11(13)12(14,15)16/h4-7,11H,1-3H3. The Labute approximate surface area is 104 Å². The molecular formula is C12H14ClF3O. The zero-order valence-corrected chi connectivity index (χ0v) is 10.6. The molecule has 96 valence electrons. The Hall–Kier alpha value is -0.900. The van der Waals surface area contributed by atoms with Crippen molar-refractivity contribution in [2.24, 2.45) is 0 Å². The molecule has 0 bridgehead atoms. The van der Waals surface area contributed by atoms with Crippen molar-refractivity contribution in [1.82, 2.24) is 0 Å². The highest BCUT2D eigenvalue weighted by atomic mass is 35.5. The number of hydrogen-bond donors (Lipinski definition) is 0. The minimum atomic E-state index is -4.57. The molecule has 1 rings (SSSR count). The summed E-state index contributed by atoms with van der Waals surface area (Å²) in [5.74, 6) is 0.264. The monoisotopic (exact) mass is 266 g/mol. The lowest BCUT2D eigenvalue weighted by Gasteiger charge is -2.19. The first-order valence-corrected chi connectivity index (χ1v) is 5.63. The van der Waals surface area contributed by atoms with Crippen LogP contribution in [0.5, 0.6) is 5.75 Å². The van der Waals surface area contributed by atoms with Gasteiger partial charge in [0.1, 0.15) is 5.75 Å². The van der Waals surface area contributed by atoms with E-state index in [4.69, 9.17) is 16.3 Å². The van der Waals surface area contributed by atoms with Gasteiger partial charge < -0.3 is 4.74 Å². The fraction of sp³-hybridized carbons (Fsp3) is 0.500. The van der Waals surface area contributed by atoms with E-state index in [0.29, 0.717) is 5.56 Å². The summed E-state index contributed by atoms with van der Waals surface area (Å²) in [5.41, 5.74) is -0.775. The van der Waals surface area contributed by atoms with Gasteiger partial charge in [0.05, 0.1) is 0 Å². The molecule has 0 aliphatic rings. The van der Waals surface area contributed by atoms with Gasteiger partial charge in [-0.1, -0.05) is 37.6 Å². The number of aryl methyl sites for hydroxylation is 1. The molecule has 0 heterocycles. The molecule has 0 amide bonds. The Morgan fingerprint density at radius 2 is 1.82 bits per heavy atom. The summed E-state index contributed by atoms with van der Waals surface area (Å²) < 4.78 is 41.7. The van der Waals surface area contributed by atoms with Crippen LogP contribution in [0.4, 0.5) is 13.2 Å². The van der Waals surface area contributed by atoms with Gasteiger partial charge in [-0.25, -0.2) is 0 Å². The minimum Gasteiger partial charge on any atom is -0.465 e. The van der Waals surface area contributed by atoms with E-state index < -0.39 is 11.7 Å². The molecule has 0 saturated heterocycles. The molecule has 1 atom stereocenters. The fourth-order valence-electron chi connectivity index (χ4n) is 1.40. The smallest absolute Gasteiger partial charge is 0.440 e. The first-order valence-electron chi connectivity index (χ1n) is 5.20. The van der Waals surface area contributed by atoms with Gasteiger partial charge in [0.25, 0.3) is 5.56 Å². The predicted octanol–water partition coefficient (Wildman–Crippen LogP) is 4.62. The third kappa shape index (κ3) is 3.80. The second-order valence-electron chi connectivity index (χ2n) is 4.17. The summed E-state index contributed by atoms with van der Waals surface area (Å²) in [6.45, 7) is 5.55. The number of halogens is 4. The number of benzene rings is 1. The molecule has 0 N–H and O–H groups in total. The van der Waals surface area contributed by atoms with Gasteiger partial charge in [0, 0.05) is 0 Å². The van der Waals surface area contributed by atoms with Crippen LogP contribution >= 0.6 is 11.6 Å². The molecule has 17 heavy (non-hydrogen) atoms. The van der Waals surface area contributed by atoms with E-state index in [1.54, 1.807) is 19.1 Å². The van der Waals surface area contributed by atoms with E-state index in [1.807, 2.05) is 19.9 Å². The average molecular weight is 267 g/mol. The average Bonchev–Trinajstić information content (AvgIpc) is 2.15. The summed E-state index contributed by atoms with van der Waals surface area (Å²) in [5, 5.41) is 0. The summed E-state index contributed by atoms with van der Waals surface area (Å²) in [7, 11) is 0. The predicted molar refractivity (Wildman–Crippen MR) is 61.6 cm³/mol. The van der Waals surface area contributed by atoms with Crippen LogP contribution in [0.25, 0.3) is 0 Å². The summed E-state index contributed by atoms with van der Waals surface area (Å²) in [6, 6.07) is 5.16.